The minimum absolute atomic E-state index is 0.163. The molecule has 0 aromatic heterocycles. The lowest BCUT2D eigenvalue weighted by Crippen LogP contribution is -2.21. The Balaban J connectivity index is 1.43. The molecule has 0 unspecified atom stereocenters. The first kappa shape index (κ1) is 18.6. The zero-order chi connectivity index (χ0) is 19.1. The van der Waals surface area contributed by atoms with Crippen molar-refractivity contribution in [2.45, 2.75) is 19.8 Å². The molecule has 27 heavy (non-hydrogen) atoms. The van der Waals surface area contributed by atoms with E-state index in [1.165, 1.54) is 0 Å². The van der Waals surface area contributed by atoms with E-state index in [9.17, 15) is 9.59 Å². The maximum atomic E-state index is 12.0. The summed E-state index contributed by atoms with van der Waals surface area (Å²) in [6.07, 6.45) is 0.653. The molecule has 7 nitrogen and oxygen atoms in total. The van der Waals surface area contributed by atoms with Crippen LogP contribution in [0.15, 0.2) is 42.5 Å². The Hall–Kier alpha value is -3.22. The Bertz CT molecular complexity index is 820. The average molecular weight is 371 g/mol. The van der Waals surface area contributed by atoms with Gasteiger partial charge in [0, 0.05) is 18.2 Å². The highest BCUT2D eigenvalue weighted by molar-refractivity contribution is 5.93. The number of esters is 1. The Morgan fingerprint density at radius 1 is 1.11 bits per heavy atom. The maximum absolute atomic E-state index is 12.0. The number of carbonyl (C=O) groups is 2. The molecule has 0 aliphatic carbocycles. The molecule has 142 valence electrons. The van der Waals surface area contributed by atoms with Gasteiger partial charge in [-0.05, 0) is 37.1 Å². The molecule has 1 N–H and O–H groups in total. The van der Waals surface area contributed by atoms with Crippen LogP contribution in [0.3, 0.4) is 0 Å². The van der Waals surface area contributed by atoms with E-state index in [0.29, 0.717) is 30.2 Å². The van der Waals surface area contributed by atoms with Gasteiger partial charge in [0.15, 0.2) is 18.1 Å². The third kappa shape index (κ3) is 5.13. The van der Waals surface area contributed by atoms with Gasteiger partial charge < -0.3 is 24.3 Å². The minimum atomic E-state index is -0.442. The van der Waals surface area contributed by atoms with Gasteiger partial charge in [0.2, 0.25) is 6.79 Å². The summed E-state index contributed by atoms with van der Waals surface area (Å²) >= 11 is 0. The number of para-hydroxylation sites is 1. The number of ether oxygens (including phenoxy) is 4. The predicted molar refractivity (Wildman–Crippen MR) is 98.1 cm³/mol. The number of hydrogen-bond acceptors (Lipinski definition) is 6. The van der Waals surface area contributed by atoms with Crippen molar-refractivity contribution in [2.75, 3.05) is 25.3 Å². The van der Waals surface area contributed by atoms with E-state index in [1.54, 1.807) is 18.2 Å². The van der Waals surface area contributed by atoms with Crippen molar-refractivity contribution >= 4 is 17.6 Å². The van der Waals surface area contributed by atoms with Gasteiger partial charge in [0.1, 0.15) is 5.75 Å². The Labute approximate surface area is 157 Å². The van der Waals surface area contributed by atoms with E-state index in [0.717, 1.165) is 11.3 Å². The zero-order valence-electron chi connectivity index (χ0n) is 15.0. The SMILES string of the molecule is CCOc1ccccc1CCC(=O)OCC(=O)Nc1ccc2c(c1)OCO2. The zero-order valence-corrected chi connectivity index (χ0v) is 15.0. The fourth-order valence-electron chi connectivity index (χ4n) is 2.63. The van der Waals surface area contributed by atoms with Gasteiger partial charge in [0.25, 0.3) is 5.91 Å². The summed E-state index contributed by atoms with van der Waals surface area (Å²) in [5.41, 5.74) is 1.48. The fraction of sp³-hybridized carbons (Fsp3) is 0.300. The van der Waals surface area contributed by atoms with Crippen molar-refractivity contribution in [3.63, 3.8) is 0 Å². The highest BCUT2D eigenvalue weighted by atomic mass is 16.7. The number of fused-ring (bicyclic) bond motifs is 1. The summed E-state index contributed by atoms with van der Waals surface area (Å²) in [4.78, 5) is 23.9. The van der Waals surface area contributed by atoms with Crippen molar-refractivity contribution in [3.8, 4) is 17.2 Å². The lowest BCUT2D eigenvalue weighted by Gasteiger charge is -2.10. The lowest BCUT2D eigenvalue weighted by atomic mass is 10.1. The maximum Gasteiger partial charge on any atom is 0.306 e. The molecule has 3 rings (SSSR count). The molecule has 2 aromatic carbocycles. The Morgan fingerprint density at radius 3 is 2.78 bits per heavy atom. The van der Waals surface area contributed by atoms with Crippen molar-refractivity contribution in [1.29, 1.82) is 0 Å². The quantitative estimate of drug-likeness (QED) is 0.719. The van der Waals surface area contributed by atoms with Crippen LogP contribution in [0.25, 0.3) is 0 Å². The van der Waals surface area contributed by atoms with Crippen LogP contribution in [0.5, 0.6) is 17.2 Å². The average Bonchev–Trinajstić information content (AvgIpc) is 3.14. The van der Waals surface area contributed by atoms with E-state index in [1.807, 2.05) is 31.2 Å². The molecule has 1 aliphatic rings. The van der Waals surface area contributed by atoms with Crippen LogP contribution in [0.2, 0.25) is 0 Å². The highest BCUT2D eigenvalue weighted by Crippen LogP contribution is 2.34. The fourth-order valence-corrected chi connectivity index (χ4v) is 2.63. The molecule has 0 radical (unpaired) electrons. The summed E-state index contributed by atoms with van der Waals surface area (Å²) in [5.74, 6) is 1.09. The molecule has 1 amide bonds. The molecule has 0 atom stereocenters. The smallest absolute Gasteiger partial charge is 0.306 e. The van der Waals surface area contributed by atoms with E-state index in [4.69, 9.17) is 18.9 Å². The van der Waals surface area contributed by atoms with Gasteiger partial charge in [-0.2, -0.15) is 0 Å². The minimum Gasteiger partial charge on any atom is -0.494 e. The highest BCUT2D eigenvalue weighted by Gasteiger charge is 2.15. The van der Waals surface area contributed by atoms with Crippen molar-refractivity contribution in [3.05, 3.63) is 48.0 Å². The van der Waals surface area contributed by atoms with E-state index in [-0.39, 0.29) is 19.8 Å². The summed E-state index contributed by atoms with van der Waals surface area (Å²) in [7, 11) is 0. The predicted octanol–water partition coefficient (Wildman–Crippen LogP) is 2.93. The van der Waals surface area contributed by atoms with Gasteiger partial charge in [-0.25, -0.2) is 0 Å². The topological polar surface area (TPSA) is 83.1 Å². The van der Waals surface area contributed by atoms with Gasteiger partial charge in [0.05, 0.1) is 6.61 Å². The van der Waals surface area contributed by atoms with Crippen molar-refractivity contribution < 1.29 is 28.5 Å². The van der Waals surface area contributed by atoms with Gasteiger partial charge >= 0.3 is 5.97 Å². The molecule has 1 aliphatic heterocycles. The van der Waals surface area contributed by atoms with Crippen molar-refractivity contribution in [2.24, 2.45) is 0 Å². The monoisotopic (exact) mass is 371 g/mol. The van der Waals surface area contributed by atoms with Crippen LogP contribution in [-0.4, -0.2) is 31.9 Å². The van der Waals surface area contributed by atoms with E-state index >= 15 is 0 Å². The first-order chi connectivity index (χ1) is 13.2. The van der Waals surface area contributed by atoms with Crippen LogP contribution in [-0.2, 0) is 20.7 Å². The molecule has 0 saturated carbocycles. The molecule has 0 fully saturated rings. The molecule has 1 heterocycles. The number of aryl methyl sites for hydroxylation is 1. The first-order valence-corrected chi connectivity index (χ1v) is 8.71. The summed E-state index contributed by atoms with van der Waals surface area (Å²) in [6, 6.07) is 12.6. The lowest BCUT2D eigenvalue weighted by molar-refractivity contribution is -0.147. The molecular weight excluding hydrogens is 350 g/mol. The molecule has 0 spiro atoms. The van der Waals surface area contributed by atoms with Crippen LogP contribution in [0.4, 0.5) is 5.69 Å². The van der Waals surface area contributed by atoms with Gasteiger partial charge in [-0.3, -0.25) is 9.59 Å². The third-order valence-electron chi connectivity index (χ3n) is 3.89. The van der Waals surface area contributed by atoms with Crippen LogP contribution < -0.4 is 19.5 Å². The number of amides is 1. The van der Waals surface area contributed by atoms with Gasteiger partial charge in [-0.15, -0.1) is 0 Å². The molecule has 7 heteroatoms. The van der Waals surface area contributed by atoms with Gasteiger partial charge in [-0.1, -0.05) is 18.2 Å². The molecular formula is C20H21NO6. The van der Waals surface area contributed by atoms with Crippen LogP contribution in [0, 0.1) is 0 Å². The van der Waals surface area contributed by atoms with Crippen LogP contribution in [0.1, 0.15) is 18.9 Å². The number of anilines is 1. The van der Waals surface area contributed by atoms with Crippen LogP contribution >= 0.6 is 0 Å². The summed E-state index contributed by atoms with van der Waals surface area (Å²) in [5, 5.41) is 2.65. The normalized spacial score (nSPS) is 11.7. The molecule has 0 saturated heterocycles. The Morgan fingerprint density at radius 2 is 1.93 bits per heavy atom. The Kier molecular flexibility index (Phi) is 6.14. The van der Waals surface area contributed by atoms with E-state index in [2.05, 4.69) is 5.32 Å². The number of hydrogen-bond donors (Lipinski definition) is 1. The van der Waals surface area contributed by atoms with Crippen molar-refractivity contribution in [1.82, 2.24) is 0 Å². The first-order valence-electron chi connectivity index (χ1n) is 8.71. The number of carbonyl (C=O) groups excluding carboxylic acids is 2. The summed E-state index contributed by atoms with van der Waals surface area (Å²) < 4.78 is 21.0. The number of rotatable bonds is 8. The van der Waals surface area contributed by atoms with E-state index < -0.39 is 11.9 Å². The third-order valence-corrected chi connectivity index (χ3v) is 3.89. The second-order valence-electron chi connectivity index (χ2n) is 5.82. The molecule has 2 aromatic rings. The summed E-state index contributed by atoms with van der Waals surface area (Å²) in [6.45, 7) is 2.28. The number of benzene rings is 2. The number of nitrogens with one attached hydrogen (secondary N) is 1. The molecule has 0 bridgehead atoms. The largest absolute Gasteiger partial charge is 0.494 e. The standard InChI is InChI=1S/C20H21NO6/c1-2-24-16-6-4-3-5-14(16)7-10-20(23)25-12-19(22)21-15-8-9-17-18(11-15)27-13-26-17/h3-6,8-9,11H,2,7,10,12-13H2,1H3,(H,21,22). The second-order valence-corrected chi connectivity index (χ2v) is 5.82. The second kappa shape index (κ2) is 8.93.